The number of primary amides is 1. The molecule has 1 aromatic carbocycles. The Balaban J connectivity index is 1.41. The van der Waals surface area contributed by atoms with E-state index in [0.717, 1.165) is 12.6 Å². The Bertz CT molecular complexity index is 1100. The van der Waals surface area contributed by atoms with Crippen LogP contribution in [0.15, 0.2) is 30.5 Å². The molecule has 4 rings (SSSR count). The van der Waals surface area contributed by atoms with Crippen LogP contribution in [-0.4, -0.2) is 39.3 Å². The third-order valence-electron chi connectivity index (χ3n) is 6.54. The van der Waals surface area contributed by atoms with Crippen LogP contribution in [0.4, 0.5) is 15.9 Å². The summed E-state index contributed by atoms with van der Waals surface area (Å²) in [4.78, 5) is 42.4. The van der Waals surface area contributed by atoms with E-state index in [2.05, 4.69) is 20.6 Å². The van der Waals surface area contributed by atoms with Gasteiger partial charge in [0.05, 0.1) is 23.5 Å². The molecule has 0 unspecified atom stereocenters. The average molecular weight is 477 g/mol. The first-order chi connectivity index (χ1) is 15.7. The Morgan fingerprint density at radius 3 is 2.85 bits per heavy atom. The lowest BCUT2D eigenvalue weighted by molar-refractivity contribution is -0.384. The van der Waals surface area contributed by atoms with Crippen LogP contribution in [0, 0.1) is 39.6 Å². The number of nitrogens with one attached hydrogen (secondary N) is 2. The van der Waals surface area contributed by atoms with E-state index in [1.54, 1.807) is 6.07 Å². The summed E-state index contributed by atoms with van der Waals surface area (Å²) in [5.41, 5.74) is 6.10. The maximum absolute atomic E-state index is 14.2. The fourth-order valence-electron chi connectivity index (χ4n) is 5.21. The number of benzene rings is 1. The van der Waals surface area contributed by atoms with Crippen LogP contribution in [0.2, 0.25) is 5.28 Å². The molecule has 2 aliphatic carbocycles. The zero-order valence-electron chi connectivity index (χ0n) is 17.4. The second-order valence-corrected chi connectivity index (χ2v) is 8.84. The van der Waals surface area contributed by atoms with Crippen LogP contribution in [0.5, 0.6) is 0 Å². The van der Waals surface area contributed by atoms with E-state index < -0.39 is 28.6 Å². The topological polar surface area (TPSA) is 153 Å². The number of hydrogen-bond acceptors (Lipinski definition) is 7. The van der Waals surface area contributed by atoms with Gasteiger partial charge in [-0.2, -0.15) is 4.98 Å². The largest absolute Gasteiger partial charge is 0.369 e. The second-order valence-electron chi connectivity index (χ2n) is 8.50. The number of nitrogens with two attached hydrogens (primary N) is 1. The van der Waals surface area contributed by atoms with Crippen molar-refractivity contribution in [1.82, 2.24) is 15.3 Å². The summed E-state index contributed by atoms with van der Waals surface area (Å²) in [6, 6.07) is 5.49. The van der Waals surface area contributed by atoms with Crippen molar-refractivity contribution in [3.63, 3.8) is 0 Å². The lowest BCUT2D eigenvalue weighted by Crippen LogP contribution is -2.47. The van der Waals surface area contributed by atoms with Crippen molar-refractivity contribution in [3.8, 4) is 0 Å². The lowest BCUT2D eigenvalue weighted by Gasteiger charge is -2.35. The van der Waals surface area contributed by atoms with E-state index in [-0.39, 0.29) is 46.9 Å². The smallest absolute Gasteiger partial charge is 0.269 e. The van der Waals surface area contributed by atoms with Gasteiger partial charge in [0.15, 0.2) is 11.6 Å². The molecule has 10 nitrogen and oxygen atoms in total. The molecular formula is C21H22ClFN6O4. The molecule has 0 radical (unpaired) electrons. The first-order valence-electron chi connectivity index (χ1n) is 10.5. The monoisotopic (exact) mass is 476 g/mol. The first-order valence-corrected chi connectivity index (χ1v) is 10.8. The molecule has 2 amide bonds. The molecule has 0 aliphatic heterocycles. The van der Waals surface area contributed by atoms with Crippen molar-refractivity contribution in [2.45, 2.75) is 25.3 Å². The number of hydrogen-bond donors (Lipinski definition) is 3. The van der Waals surface area contributed by atoms with E-state index in [9.17, 15) is 24.1 Å². The Kier molecular flexibility index (Phi) is 6.41. The third kappa shape index (κ3) is 4.87. The summed E-state index contributed by atoms with van der Waals surface area (Å²) in [5, 5.41) is 16.7. The molecule has 2 aliphatic rings. The summed E-state index contributed by atoms with van der Waals surface area (Å²) in [5.74, 6) is -1.95. The van der Waals surface area contributed by atoms with Gasteiger partial charge in [0.2, 0.25) is 17.1 Å². The van der Waals surface area contributed by atoms with Crippen LogP contribution in [0.25, 0.3) is 0 Å². The Morgan fingerprint density at radius 1 is 1.33 bits per heavy atom. The number of nitrogens with zero attached hydrogens (tertiary/aromatic N) is 3. The molecular weight excluding hydrogens is 455 g/mol. The third-order valence-corrected chi connectivity index (χ3v) is 6.72. The predicted octanol–water partition coefficient (Wildman–Crippen LogP) is 2.07. The van der Waals surface area contributed by atoms with E-state index in [1.165, 1.54) is 18.2 Å². The van der Waals surface area contributed by atoms with Crippen molar-refractivity contribution in [2.75, 3.05) is 11.9 Å². The lowest BCUT2D eigenvalue weighted by atomic mass is 9.77. The molecule has 2 saturated carbocycles. The highest BCUT2D eigenvalue weighted by atomic mass is 35.5. The number of halogens is 2. The molecule has 174 valence electrons. The van der Waals surface area contributed by atoms with Gasteiger partial charge in [0.25, 0.3) is 5.69 Å². The summed E-state index contributed by atoms with van der Waals surface area (Å²) >= 11 is 5.78. The minimum Gasteiger partial charge on any atom is -0.369 e. The van der Waals surface area contributed by atoms with Crippen LogP contribution < -0.4 is 16.4 Å². The number of non-ortho nitro benzene ring substituents is 1. The van der Waals surface area contributed by atoms with Crippen molar-refractivity contribution in [2.24, 2.45) is 29.4 Å². The van der Waals surface area contributed by atoms with Crippen LogP contribution >= 0.6 is 11.6 Å². The molecule has 2 bridgehead atoms. The molecule has 2 aromatic rings. The standard InChI is InChI=1S/C21H22ClFN6O4/c22-21-26-9-15(23)20(28-21)27-18-14-7-11(17(18)19(24)31)6-12(14)8-25-16(30)5-10-2-1-3-13(4-10)29(32)33/h1-4,9,11-12,14,17-18H,5-8H2,(H2,24,31)(H,25,30)(H,26,27,28)/t11-,12+,14-,17+,18-/m1/s1. The summed E-state index contributed by atoms with van der Waals surface area (Å²) in [6.07, 6.45) is 2.40. The zero-order valence-corrected chi connectivity index (χ0v) is 18.2. The van der Waals surface area contributed by atoms with Crippen molar-refractivity contribution >= 4 is 34.9 Å². The number of amides is 2. The van der Waals surface area contributed by atoms with Crippen molar-refractivity contribution in [1.29, 1.82) is 0 Å². The molecule has 2 fully saturated rings. The molecule has 12 heteroatoms. The van der Waals surface area contributed by atoms with Gasteiger partial charge in [0, 0.05) is 24.7 Å². The van der Waals surface area contributed by atoms with Crippen molar-refractivity contribution < 1.29 is 18.9 Å². The number of nitro groups is 1. The fraction of sp³-hybridized carbons (Fsp3) is 0.429. The maximum Gasteiger partial charge on any atom is 0.269 e. The molecule has 0 saturated heterocycles. The fourth-order valence-corrected chi connectivity index (χ4v) is 5.35. The van der Waals surface area contributed by atoms with E-state index in [0.29, 0.717) is 18.5 Å². The van der Waals surface area contributed by atoms with Gasteiger partial charge in [0.1, 0.15) is 0 Å². The normalized spacial score (nSPS) is 25.6. The summed E-state index contributed by atoms with van der Waals surface area (Å²) < 4.78 is 14.2. The number of fused-ring (bicyclic) bond motifs is 2. The van der Waals surface area contributed by atoms with Gasteiger partial charge < -0.3 is 16.4 Å². The van der Waals surface area contributed by atoms with E-state index >= 15 is 0 Å². The highest BCUT2D eigenvalue weighted by Crippen LogP contribution is 2.52. The number of anilines is 1. The SMILES string of the molecule is NC(=O)[C@H]1[C@@H]2C[C@@H](CNC(=O)Cc3cccc([N+](=O)[O-])c3)[C@@H](C2)[C@H]1Nc1nc(Cl)ncc1F. The first kappa shape index (κ1) is 22.8. The summed E-state index contributed by atoms with van der Waals surface area (Å²) in [7, 11) is 0. The van der Waals surface area contributed by atoms with Crippen LogP contribution in [0.1, 0.15) is 18.4 Å². The minimum absolute atomic E-state index is 0.0126. The number of aromatic nitrogens is 2. The van der Waals surface area contributed by atoms with Gasteiger partial charge in [-0.1, -0.05) is 12.1 Å². The van der Waals surface area contributed by atoms with Gasteiger partial charge in [-0.05, 0) is 47.8 Å². The van der Waals surface area contributed by atoms with Crippen LogP contribution in [-0.2, 0) is 16.0 Å². The number of rotatable bonds is 8. The molecule has 1 heterocycles. The maximum atomic E-state index is 14.2. The van der Waals surface area contributed by atoms with Gasteiger partial charge in [-0.3, -0.25) is 19.7 Å². The number of nitro benzene ring substituents is 1. The molecule has 5 atom stereocenters. The molecule has 0 spiro atoms. The highest BCUT2D eigenvalue weighted by molar-refractivity contribution is 6.28. The molecule has 1 aromatic heterocycles. The minimum atomic E-state index is -0.688. The second kappa shape index (κ2) is 9.26. The zero-order chi connectivity index (χ0) is 23.7. The van der Waals surface area contributed by atoms with Gasteiger partial charge in [-0.25, -0.2) is 9.37 Å². The highest BCUT2D eigenvalue weighted by Gasteiger charge is 2.54. The average Bonchev–Trinajstić information content (AvgIpc) is 3.33. The number of carbonyl (C=O) groups is 2. The van der Waals surface area contributed by atoms with Crippen molar-refractivity contribution in [3.05, 3.63) is 57.2 Å². The van der Waals surface area contributed by atoms with Crippen LogP contribution in [0.3, 0.4) is 0 Å². The molecule has 4 N–H and O–H groups in total. The predicted molar refractivity (Wildman–Crippen MR) is 117 cm³/mol. The quantitative estimate of drug-likeness (QED) is 0.299. The number of carbonyl (C=O) groups excluding carboxylic acids is 2. The summed E-state index contributed by atoms with van der Waals surface area (Å²) in [6.45, 7) is 0.367. The Morgan fingerprint density at radius 2 is 2.12 bits per heavy atom. The Hall–Kier alpha value is -3.34. The van der Waals surface area contributed by atoms with E-state index in [1.807, 2.05) is 0 Å². The van der Waals surface area contributed by atoms with E-state index in [4.69, 9.17) is 17.3 Å². The Labute approximate surface area is 193 Å². The van der Waals surface area contributed by atoms with Gasteiger partial charge >= 0.3 is 0 Å². The van der Waals surface area contributed by atoms with Gasteiger partial charge in [-0.15, -0.1) is 0 Å². The molecule has 33 heavy (non-hydrogen) atoms.